The highest BCUT2D eigenvalue weighted by Crippen LogP contribution is 1.95. The Morgan fingerprint density at radius 3 is 2.11 bits per heavy atom. The van der Waals surface area contributed by atoms with E-state index in [1.54, 1.807) is 0 Å². The summed E-state index contributed by atoms with van der Waals surface area (Å²) in [6.07, 6.45) is 0.965. The van der Waals surface area contributed by atoms with Gasteiger partial charge in [0.2, 0.25) is 16.1 Å². The van der Waals surface area contributed by atoms with Crippen LogP contribution in [0.5, 0.6) is 0 Å². The van der Waals surface area contributed by atoms with Crippen molar-refractivity contribution in [2.24, 2.45) is 0 Å². The predicted octanol–water partition coefficient (Wildman–Crippen LogP) is -0.525. The molecule has 0 aromatic carbocycles. The molecule has 0 saturated heterocycles. The molecule has 0 aliphatic carbocycles. The zero-order valence-electron chi connectivity index (χ0n) is 4.73. The molecule has 0 aromatic rings. The Hall–Kier alpha value is -0.890. The van der Waals surface area contributed by atoms with Gasteiger partial charge in [0.25, 0.3) is 0 Å². The number of nitrogens with zero attached hydrogens (tertiary/aromatic N) is 1. The summed E-state index contributed by atoms with van der Waals surface area (Å²) in [6.45, 7) is 6.23. The van der Waals surface area contributed by atoms with E-state index in [0.29, 0.717) is 0 Å². The van der Waals surface area contributed by atoms with E-state index in [-0.39, 0.29) is 6.29 Å². The molecule has 0 rings (SSSR count). The highest BCUT2D eigenvalue weighted by Gasteiger charge is 2.23. The van der Waals surface area contributed by atoms with Gasteiger partial charge in [0, 0.05) is 6.26 Å². The van der Waals surface area contributed by atoms with E-state index in [4.69, 9.17) is 6.57 Å². The van der Waals surface area contributed by atoms with Crippen molar-refractivity contribution in [1.82, 2.24) is 0 Å². The number of rotatable bonds is 2. The van der Waals surface area contributed by atoms with Crippen molar-refractivity contribution in [3.63, 3.8) is 0 Å². The van der Waals surface area contributed by atoms with E-state index < -0.39 is 15.2 Å². The van der Waals surface area contributed by atoms with Crippen LogP contribution in [0, 0.1) is 6.57 Å². The molecule has 0 heterocycles. The van der Waals surface area contributed by atoms with E-state index >= 15 is 0 Å². The van der Waals surface area contributed by atoms with Crippen LogP contribution in [0.4, 0.5) is 0 Å². The molecule has 0 saturated carbocycles. The quantitative estimate of drug-likeness (QED) is 0.390. The molecule has 0 aliphatic rings. The van der Waals surface area contributed by atoms with Crippen molar-refractivity contribution >= 4 is 16.1 Å². The monoisotopic (exact) mass is 147 g/mol. The highest BCUT2D eigenvalue weighted by molar-refractivity contribution is 7.92. The summed E-state index contributed by atoms with van der Waals surface area (Å²) in [5.74, 6) is 0. The summed E-state index contributed by atoms with van der Waals surface area (Å²) >= 11 is 0. The maximum Gasteiger partial charge on any atom is 0.374 e. The number of aldehydes is 1. The molecule has 0 amide bonds. The number of sulfone groups is 1. The molecule has 1 atom stereocenters. The van der Waals surface area contributed by atoms with Gasteiger partial charge in [-0.05, 0) is 0 Å². The molecule has 0 fully saturated rings. The Morgan fingerprint density at radius 2 is 2.11 bits per heavy atom. The molecule has 0 aromatic heterocycles. The second-order valence-electron chi connectivity index (χ2n) is 1.49. The van der Waals surface area contributed by atoms with E-state index in [2.05, 4.69) is 4.85 Å². The summed E-state index contributed by atoms with van der Waals surface area (Å²) < 4.78 is 20.7. The molecule has 0 N–H and O–H groups in total. The summed E-state index contributed by atoms with van der Waals surface area (Å²) in [5.41, 5.74) is 0. The molecular weight excluding hydrogens is 142 g/mol. The lowest BCUT2D eigenvalue weighted by atomic mass is 10.8. The second-order valence-corrected chi connectivity index (χ2v) is 3.63. The first kappa shape index (κ1) is 8.11. The first-order chi connectivity index (χ1) is 4.02. The van der Waals surface area contributed by atoms with E-state index in [1.807, 2.05) is 0 Å². The van der Waals surface area contributed by atoms with Crippen LogP contribution in [0.1, 0.15) is 0 Å². The van der Waals surface area contributed by atoms with Crippen LogP contribution < -0.4 is 0 Å². The van der Waals surface area contributed by atoms with Crippen molar-refractivity contribution < 1.29 is 13.2 Å². The van der Waals surface area contributed by atoms with Gasteiger partial charge in [-0.3, -0.25) is 9.64 Å². The Labute approximate surface area is 53.2 Å². The van der Waals surface area contributed by atoms with Gasteiger partial charge in [0.05, 0.1) is 0 Å². The Balaban J connectivity index is 4.58. The molecule has 0 aliphatic heterocycles. The molecular formula is C4H5NO3S. The van der Waals surface area contributed by atoms with Gasteiger partial charge in [0.15, 0.2) is 0 Å². The molecule has 50 valence electrons. The van der Waals surface area contributed by atoms with Gasteiger partial charge in [-0.2, -0.15) is 0 Å². The van der Waals surface area contributed by atoms with Crippen molar-refractivity contribution in [3.05, 3.63) is 11.4 Å². The average Bonchev–Trinajstić information content (AvgIpc) is 1.65. The Bertz CT molecular complexity index is 235. The fourth-order valence-electron chi connectivity index (χ4n) is 0.227. The van der Waals surface area contributed by atoms with Crippen LogP contribution in [0.2, 0.25) is 0 Å². The standard InChI is InChI=1S/C4H5NO3S/c1-5-4(3-6)9(2,7)8/h3-4H,2H3. The Morgan fingerprint density at radius 1 is 1.67 bits per heavy atom. The van der Waals surface area contributed by atoms with Crippen LogP contribution in [0.25, 0.3) is 4.85 Å². The minimum Gasteiger partial charge on any atom is -0.293 e. The van der Waals surface area contributed by atoms with Gasteiger partial charge < -0.3 is 0 Å². The topological polar surface area (TPSA) is 55.6 Å². The van der Waals surface area contributed by atoms with Crippen LogP contribution in [-0.4, -0.2) is 26.3 Å². The third-order valence-electron chi connectivity index (χ3n) is 0.682. The van der Waals surface area contributed by atoms with Gasteiger partial charge in [-0.25, -0.2) is 15.0 Å². The SMILES string of the molecule is [C-]#[N+]C(C=O)S(C)(=O)=O. The molecule has 0 bridgehead atoms. The molecule has 9 heavy (non-hydrogen) atoms. The molecule has 1 unspecified atom stereocenters. The maximum absolute atomic E-state index is 10.3. The Kier molecular flexibility index (Phi) is 2.34. The lowest BCUT2D eigenvalue weighted by molar-refractivity contribution is -0.106. The fourth-order valence-corrected chi connectivity index (χ4v) is 0.620. The summed E-state index contributed by atoms with van der Waals surface area (Å²) in [5, 5.41) is -1.52. The smallest absolute Gasteiger partial charge is 0.293 e. The normalized spacial score (nSPS) is 13.8. The fraction of sp³-hybridized carbons (Fsp3) is 0.500. The number of hydrogen-bond acceptors (Lipinski definition) is 3. The largest absolute Gasteiger partial charge is 0.374 e. The van der Waals surface area contributed by atoms with Crippen LogP contribution in [0.3, 0.4) is 0 Å². The van der Waals surface area contributed by atoms with Crippen molar-refractivity contribution in [2.45, 2.75) is 5.37 Å². The molecule has 4 nitrogen and oxygen atoms in total. The number of carbonyl (C=O) groups excluding carboxylic acids is 1. The molecule has 0 spiro atoms. The van der Waals surface area contributed by atoms with Gasteiger partial charge >= 0.3 is 5.37 Å². The lowest BCUT2D eigenvalue weighted by Gasteiger charge is -1.89. The first-order valence-electron chi connectivity index (χ1n) is 2.03. The maximum atomic E-state index is 10.3. The van der Waals surface area contributed by atoms with E-state index in [1.165, 1.54) is 0 Å². The zero-order valence-corrected chi connectivity index (χ0v) is 5.55. The zero-order chi connectivity index (χ0) is 7.49. The number of carbonyl (C=O) groups is 1. The van der Waals surface area contributed by atoms with Crippen molar-refractivity contribution in [1.29, 1.82) is 0 Å². The third kappa shape index (κ3) is 2.24. The van der Waals surface area contributed by atoms with Crippen molar-refractivity contribution in [3.8, 4) is 0 Å². The highest BCUT2D eigenvalue weighted by atomic mass is 32.2. The molecule has 5 heteroatoms. The van der Waals surface area contributed by atoms with Crippen molar-refractivity contribution in [2.75, 3.05) is 6.26 Å². The predicted molar refractivity (Wildman–Crippen MR) is 31.3 cm³/mol. The summed E-state index contributed by atoms with van der Waals surface area (Å²) in [4.78, 5) is 12.4. The number of hydrogen-bond donors (Lipinski definition) is 0. The van der Waals surface area contributed by atoms with Gasteiger partial charge in [-0.15, -0.1) is 0 Å². The van der Waals surface area contributed by atoms with E-state index in [9.17, 15) is 13.2 Å². The first-order valence-corrected chi connectivity index (χ1v) is 3.98. The summed E-state index contributed by atoms with van der Waals surface area (Å²) in [7, 11) is -3.49. The van der Waals surface area contributed by atoms with Crippen LogP contribution in [-0.2, 0) is 14.6 Å². The van der Waals surface area contributed by atoms with Gasteiger partial charge in [0.1, 0.15) is 0 Å². The lowest BCUT2D eigenvalue weighted by Crippen LogP contribution is -2.16. The van der Waals surface area contributed by atoms with Gasteiger partial charge in [-0.1, -0.05) is 0 Å². The third-order valence-corrected chi connectivity index (χ3v) is 1.78. The summed E-state index contributed by atoms with van der Waals surface area (Å²) in [6, 6.07) is 0. The van der Waals surface area contributed by atoms with E-state index in [0.717, 1.165) is 6.26 Å². The minimum atomic E-state index is -3.49. The second kappa shape index (κ2) is 2.60. The van der Waals surface area contributed by atoms with Crippen LogP contribution in [0.15, 0.2) is 0 Å². The average molecular weight is 147 g/mol. The van der Waals surface area contributed by atoms with Crippen LogP contribution >= 0.6 is 0 Å². The minimum absolute atomic E-state index is 0.113. The molecule has 0 radical (unpaired) electrons.